The predicted molar refractivity (Wildman–Crippen MR) is 59.6 cm³/mol. The molecular formula is C13H17NO. The van der Waals surface area contributed by atoms with Gasteiger partial charge < -0.3 is 0 Å². The zero-order valence-electron chi connectivity index (χ0n) is 9.20. The largest absolute Gasteiger partial charge is 0.299 e. The third-order valence-corrected chi connectivity index (χ3v) is 3.24. The summed E-state index contributed by atoms with van der Waals surface area (Å²) in [5.41, 5.74) is 2.30. The lowest BCUT2D eigenvalue weighted by Crippen LogP contribution is -2.21. The van der Waals surface area contributed by atoms with Crippen molar-refractivity contribution >= 4 is 5.78 Å². The van der Waals surface area contributed by atoms with Gasteiger partial charge in [-0.15, -0.1) is 0 Å². The Hall–Kier alpha value is -1.18. The van der Waals surface area contributed by atoms with E-state index in [0.29, 0.717) is 5.78 Å². The fourth-order valence-electron chi connectivity index (χ4n) is 2.24. The highest BCUT2D eigenvalue weighted by atomic mass is 16.1. The van der Waals surface area contributed by atoms with Gasteiger partial charge in [0.15, 0.2) is 0 Å². The number of aryl methyl sites for hydroxylation is 1. The van der Waals surface area contributed by atoms with Crippen LogP contribution in [0.4, 0.5) is 0 Å². The van der Waals surface area contributed by atoms with Crippen LogP contribution in [-0.2, 0) is 11.2 Å². The molecule has 0 bridgehead atoms. The number of nitrogens with zero attached hydrogens (tertiary/aromatic N) is 1. The number of rotatable bonds is 2. The molecule has 1 fully saturated rings. The van der Waals surface area contributed by atoms with Crippen LogP contribution in [0.15, 0.2) is 18.3 Å². The molecule has 1 aliphatic rings. The molecule has 0 saturated heterocycles. The maximum Gasteiger partial charge on any atom is 0.136 e. The van der Waals surface area contributed by atoms with E-state index in [9.17, 15) is 4.79 Å². The molecule has 2 heteroatoms. The first kappa shape index (κ1) is 10.3. The molecule has 1 atom stereocenters. The van der Waals surface area contributed by atoms with E-state index in [1.165, 1.54) is 12.0 Å². The average Bonchev–Trinajstić information content (AvgIpc) is 2.24. The second-order valence-electron chi connectivity index (χ2n) is 4.38. The standard InChI is InChI=1S/C13H17NO/c1-10-5-4-8-14-12(10)9-11-6-2-3-7-13(11)15/h4-5,8,11H,2-3,6-7,9H2,1H3. The molecule has 2 rings (SSSR count). The summed E-state index contributed by atoms with van der Waals surface area (Å²) in [6.07, 6.45) is 6.76. The van der Waals surface area contributed by atoms with Crippen LogP contribution in [0.25, 0.3) is 0 Å². The molecule has 0 spiro atoms. The van der Waals surface area contributed by atoms with Gasteiger partial charge in [0.2, 0.25) is 0 Å². The zero-order chi connectivity index (χ0) is 10.7. The SMILES string of the molecule is Cc1cccnc1CC1CCCCC1=O. The van der Waals surface area contributed by atoms with Crippen LogP contribution >= 0.6 is 0 Å². The summed E-state index contributed by atoms with van der Waals surface area (Å²) in [5.74, 6) is 0.665. The zero-order valence-corrected chi connectivity index (χ0v) is 9.20. The molecule has 0 aromatic carbocycles. The van der Waals surface area contributed by atoms with E-state index < -0.39 is 0 Å². The van der Waals surface area contributed by atoms with E-state index in [4.69, 9.17) is 0 Å². The number of carbonyl (C=O) groups is 1. The van der Waals surface area contributed by atoms with Gasteiger partial charge in [0, 0.05) is 24.2 Å². The number of hydrogen-bond acceptors (Lipinski definition) is 2. The summed E-state index contributed by atoms with van der Waals surface area (Å²) in [5, 5.41) is 0. The van der Waals surface area contributed by atoms with Crippen LogP contribution in [0.1, 0.15) is 36.9 Å². The Morgan fingerprint density at radius 2 is 2.33 bits per heavy atom. The van der Waals surface area contributed by atoms with Crippen molar-refractivity contribution in [2.24, 2.45) is 5.92 Å². The quantitative estimate of drug-likeness (QED) is 0.739. The molecule has 1 saturated carbocycles. The highest BCUT2D eigenvalue weighted by molar-refractivity contribution is 5.81. The first-order chi connectivity index (χ1) is 7.27. The summed E-state index contributed by atoms with van der Waals surface area (Å²) >= 11 is 0. The number of carbonyl (C=O) groups excluding carboxylic acids is 1. The first-order valence-corrected chi connectivity index (χ1v) is 5.70. The van der Waals surface area contributed by atoms with Crippen molar-refractivity contribution in [1.29, 1.82) is 0 Å². The van der Waals surface area contributed by atoms with Crippen LogP contribution < -0.4 is 0 Å². The van der Waals surface area contributed by atoms with Gasteiger partial charge in [-0.2, -0.15) is 0 Å². The highest BCUT2D eigenvalue weighted by Crippen LogP contribution is 2.24. The maximum atomic E-state index is 11.7. The molecule has 2 nitrogen and oxygen atoms in total. The van der Waals surface area contributed by atoms with E-state index in [1.54, 1.807) is 0 Å². The van der Waals surface area contributed by atoms with Crippen LogP contribution in [0, 0.1) is 12.8 Å². The lowest BCUT2D eigenvalue weighted by Gasteiger charge is -2.20. The first-order valence-electron chi connectivity index (χ1n) is 5.70. The minimum absolute atomic E-state index is 0.229. The molecule has 80 valence electrons. The predicted octanol–water partition coefficient (Wildman–Crippen LogP) is 2.69. The Morgan fingerprint density at radius 1 is 1.47 bits per heavy atom. The summed E-state index contributed by atoms with van der Waals surface area (Å²) in [7, 11) is 0. The minimum Gasteiger partial charge on any atom is -0.299 e. The monoisotopic (exact) mass is 203 g/mol. The van der Waals surface area contributed by atoms with Crippen molar-refractivity contribution in [2.75, 3.05) is 0 Å². The third-order valence-electron chi connectivity index (χ3n) is 3.24. The highest BCUT2D eigenvalue weighted by Gasteiger charge is 2.23. The summed E-state index contributed by atoms with van der Waals surface area (Å²) in [4.78, 5) is 16.0. The normalized spacial score (nSPS) is 21.7. The van der Waals surface area contributed by atoms with Crippen molar-refractivity contribution in [3.8, 4) is 0 Å². The van der Waals surface area contributed by atoms with Gasteiger partial charge in [0.1, 0.15) is 5.78 Å². The van der Waals surface area contributed by atoms with E-state index >= 15 is 0 Å². The van der Waals surface area contributed by atoms with E-state index in [2.05, 4.69) is 18.0 Å². The Bertz CT molecular complexity index is 359. The molecule has 1 aromatic rings. The van der Waals surface area contributed by atoms with Gasteiger partial charge in [-0.3, -0.25) is 9.78 Å². The Morgan fingerprint density at radius 3 is 3.07 bits per heavy atom. The molecule has 0 radical (unpaired) electrons. The average molecular weight is 203 g/mol. The lowest BCUT2D eigenvalue weighted by molar-refractivity contribution is -0.124. The Labute approximate surface area is 90.7 Å². The maximum absolute atomic E-state index is 11.7. The van der Waals surface area contributed by atoms with Crippen molar-refractivity contribution in [3.05, 3.63) is 29.6 Å². The molecule has 15 heavy (non-hydrogen) atoms. The van der Waals surface area contributed by atoms with E-state index in [-0.39, 0.29) is 5.92 Å². The topological polar surface area (TPSA) is 30.0 Å². The van der Waals surface area contributed by atoms with Crippen molar-refractivity contribution in [2.45, 2.75) is 39.0 Å². The smallest absolute Gasteiger partial charge is 0.136 e. The van der Waals surface area contributed by atoms with Crippen molar-refractivity contribution in [3.63, 3.8) is 0 Å². The molecule has 0 N–H and O–H groups in total. The van der Waals surface area contributed by atoms with Crippen molar-refractivity contribution < 1.29 is 4.79 Å². The second kappa shape index (κ2) is 4.56. The molecule has 1 heterocycles. The van der Waals surface area contributed by atoms with Crippen LogP contribution in [-0.4, -0.2) is 10.8 Å². The number of aromatic nitrogens is 1. The second-order valence-corrected chi connectivity index (χ2v) is 4.38. The van der Waals surface area contributed by atoms with E-state index in [0.717, 1.165) is 31.4 Å². The molecule has 1 unspecified atom stereocenters. The third kappa shape index (κ3) is 2.44. The number of hydrogen-bond donors (Lipinski definition) is 0. The van der Waals surface area contributed by atoms with Gasteiger partial charge in [0.25, 0.3) is 0 Å². The van der Waals surface area contributed by atoms with E-state index in [1.807, 2.05) is 12.3 Å². The van der Waals surface area contributed by atoms with Crippen molar-refractivity contribution in [1.82, 2.24) is 4.98 Å². The fraction of sp³-hybridized carbons (Fsp3) is 0.538. The molecule has 1 aliphatic carbocycles. The van der Waals surface area contributed by atoms with Crippen LogP contribution in [0.2, 0.25) is 0 Å². The number of pyridine rings is 1. The Kier molecular flexibility index (Phi) is 3.14. The van der Waals surface area contributed by atoms with Gasteiger partial charge in [-0.1, -0.05) is 12.5 Å². The Balaban J connectivity index is 2.08. The minimum atomic E-state index is 0.229. The fourth-order valence-corrected chi connectivity index (χ4v) is 2.24. The van der Waals surface area contributed by atoms with Gasteiger partial charge in [-0.05, 0) is 37.8 Å². The molecular weight excluding hydrogens is 186 g/mol. The summed E-state index contributed by atoms with van der Waals surface area (Å²) in [6, 6.07) is 4.01. The van der Waals surface area contributed by atoms with Gasteiger partial charge in [0.05, 0.1) is 0 Å². The van der Waals surface area contributed by atoms with Gasteiger partial charge >= 0.3 is 0 Å². The summed E-state index contributed by atoms with van der Waals surface area (Å²) < 4.78 is 0. The van der Waals surface area contributed by atoms with Crippen LogP contribution in [0.3, 0.4) is 0 Å². The number of ketones is 1. The van der Waals surface area contributed by atoms with Gasteiger partial charge in [-0.25, -0.2) is 0 Å². The molecule has 0 aliphatic heterocycles. The lowest BCUT2D eigenvalue weighted by atomic mass is 9.84. The van der Waals surface area contributed by atoms with Crippen LogP contribution in [0.5, 0.6) is 0 Å². The molecule has 0 amide bonds. The summed E-state index contributed by atoms with van der Waals surface area (Å²) in [6.45, 7) is 2.07. The molecule has 1 aromatic heterocycles. The number of Topliss-reactive ketones (excluding diaryl/α,β-unsaturated/α-hetero) is 1.